The van der Waals surface area contributed by atoms with Crippen LogP contribution in [0.15, 0.2) is 70.4 Å². The van der Waals surface area contributed by atoms with Crippen molar-refractivity contribution in [1.29, 1.82) is 0 Å². The number of furan rings is 1. The van der Waals surface area contributed by atoms with Gasteiger partial charge in [-0.25, -0.2) is 0 Å². The number of Topliss-reactive ketones (excluding diaryl/α,β-unsaturated/α-hetero) is 1. The van der Waals surface area contributed by atoms with Gasteiger partial charge in [0.05, 0.1) is 19.5 Å². The lowest BCUT2D eigenvalue weighted by Gasteiger charge is -2.26. The van der Waals surface area contributed by atoms with Crippen molar-refractivity contribution < 1.29 is 28.3 Å². The minimum atomic E-state index is -1.64. The number of nitrogens with zero attached hydrogens (tertiary/aromatic N) is 1. The number of hydrogen-bond donors (Lipinski definition) is 1. The summed E-state index contributed by atoms with van der Waals surface area (Å²) < 4.78 is 16.7. The van der Waals surface area contributed by atoms with Gasteiger partial charge in [0.15, 0.2) is 17.3 Å². The summed E-state index contributed by atoms with van der Waals surface area (Å²) in [6.45, 7) is 3.83. The van der Waals surface area contributed by atoms with Crippen LogP contribution in [0.5, 0.6) is 11.5 Å². The van der Waals surface area contributed by atoms with Crippen molar-refractivity contribution in [2.45, 2.75) is 25.6 Å². The van der Waals surface area contributed by atoms with E-state index in [-0.39, 0.29) is 11.9 Å². The average molecular weight is 446 g/mol. The zero-order chi connectivity index (χ0) is 23.2. The highest BCUT2D eigenvalue weighted by molar-refractivity contribution is 6.24. The van der Waals surface area contributed by atoms with Crippen LogP contribution >= 0.6 is 0 Å². The molecule has 0 radical (unpaired) electrons. The zero-order valence-corrected chi connectivity index (χ0v) is 18.3. The van der Waals surface area contributed by atoms with Crippen molar-refractivity contribution in [3.8, 4) is 11.5 Å². The van der Waals surface area contributed by atoms with Gasteiger partial charge in [-0.15, -0.1) is 0 Å². The standard InChI is InChI=1S/C25H22N2O6/c1-14(2)32-18-11-10-15(13-20(18)30-3)22-21(23(28)19-9-6-12-31-19)25(33-27-22)16-7-4-5-8-17(16)26-24(25)29/h4-14,21H,1-3H3,(H,26,29)/t21-,25-/m0/s1. The van der Waals surface area contributed by atoms with Crippen LogP contribution in [0, 0.1) is 5.92 Å². The molecule has 2 aliphatic heterocycles. The fourth-order valence-corrected chi connectivity index (χ4v) is 4.32. The van der Waals surface area contributed by atoms with Crippen LogP contribution in [0.25, 0.3) is 0 Å². The second-order valence-electron chi connectivity index (χ2n) is 8.11. The van der Waals surface area contributed by atoms with Crippen LogP contribution in [0.2, 0.25) is 0 Å². The predicted molar refractivity (Wildman–Crippen MR) is 120 cm³/mol. The van der Waals surface area contributed by atoms with Crippen LogP contribution in [-0.2, 0) is 15.2 Å². The summed E-state index contributed by atoms with van der Waals surface area (Å²) in [4.78, 5) is 32.8. The minimum Gasteiger partial charge on any atom is -0.493 e. The summed E-state index contributed by atoms with van der Waals surface area (Å²) in [5.74, 6) is -0.798. The summed E-state index contributed by atoms with van der Waals surface area (Å²) >= 11 is 0. The Morgan fingerprint density at radius 1 is 1.12 bits per heavy atom. The molecule has 1 aromatic heterocycles. The molecule has 1 spiro atoms. The molecule has 0 unspecified atom stereocenters. The van der Waals surface area contributed by atoms with E-state index < -0.39 is 23.2 Å². The molecule has 0 saturated heterocycles. The van der Waals surface area contributed by atoms with E-state index in [1.54, 1.807) is 54.6 Å². The topological polar surface area (TPSA) is 99.4 Å². The molecule has 0 bridgehead atoms. The lowest BCUT2D eigenvalue weighted by Crippen LogP contribution is -2.46. The molecule has 3 aromatic rings. The van der Waals surface area contributed by atoms with E-state index in [1.807, 2.05) is 13.8 Å². The number of anilines is 1. The number of methoxy groups -OCH3 is 1. The molecule has 33 heavy (non-hydrogen) atoms. The molecule has 0 saturated carbocycles. The van der Waals surface area contributed by atoms with Crippen LogP contribution in [0.4, 0.5) is 5.69 Å². The first kappa shape index (κ1) is 20.8. The van der Waals surface area contributed by atoms with Gasteiger partial charge < -0.3 is 24.0 Å². The number of para-hydroxylation sites is 1. The van der Waals surface area contributed by atoms with Crippen molar-refractivity contribution in [3.63, 3.8) is 0 Å². The number of nitrogens with one attached hydrogen (secondary N) is 1. The molecular formula is C25H22N2O6. The SMILES string of the molecule is COc1cc(C2=NO[C@]3(C(=O)Nc4ccccc43)[C@@H]2C(=O)c2ccco2)ccc1OC(C)C. The summed E-state index contributed by atoms with van der Waals surface area (Å²) in [7, 11) is 1.53. The van der Waals surface area contributed by atoms with Gasteiger partial charge in [-0.3, -0.25) is 9.59 Å². The molecule has 5 rings (SSSR count). The van der Waals surface area contributed by atoms with Crippen molar-refractivity contribution in [2.75, 3.05) is 12.4 Å². The maximum atomic E-state index is 13.7. The van der Waals surface area contributed by atoms with Gasteiger partial charge in [-0.2, -0.15) is 0 Å². The number of carbonyl (C=O) groups excluding carboxylic acids is 2. The Balaban J connectivity index is 1.64. The van der Waals surface area contributed by atoms with Crippen LogP contribution in [0.3, 0.4) is 0 Å². The molecule has 2 aliphatic rings. The Morgan fingerprint density at radius 2 is 1.94 bits per heavy atom. The number of amides is 1. The average Bonchev–Trinajstić information content (AvgIpc) is 3.53. The molecule has 3 heterocycles. The van der Waals surface area contributed by atoms with Gasteiger partial charge in [0.2, 0.25) is 5.78 Å². The monoisotopic (exact) mass is 446 g/mol. The van der Waals surface area contributed by atoms with E-state index in [0.29, 0.717) is 34.0 Å². The first-order valence-electron chi connectivity index (χ1n) is 10.6. The Labute approximate surface area is 190 Å². The van der Waals surface area contributed by atoms with E-state index in [9.17, 15) is 9.59 Å². The van der Waals surface area contributed by atoms with Gasteiger partial charge >= 0.3 is 0 Å². The first-order valence-corrected chi connectivity index (χ1v) is 10.6. The molecule has 0 aliphatic carbocycles. The maximum absolute atomic E-state index is 13.7. The van der Waals surface area contributed by atoms with Gasteiger partial charge in [-0.05, 0) is 50.2 Å². The number of ketones is 1. The van der Waals surface area contributed by atoms with E-state index >= 15 is 0 Å². The second kappa shape index (κ2) is 7.81. The lowest BCUT2D eigenvalue weighted by molar-refractivity contribution is -0.140. The summed E-state index contributed by atoms with van der Waals surface area (Å²) in [6, 6.07) is 15.5. The predicted octanol–water partition coefficient (Wildman–Crippen LogP) is 4.16. The number of fused-ring (bicyclic) bond motifs is 2. The second-order valence-corrected chi connectivity index (χ2v) is 8.11. The largest absolute Gasteiger partial charge is 0.493 e. The highest BCUT2D eigenvalue weighted by atomic mass is 16.7. The lowest BCUT2D eigenvalue weighted by atomic mass is 9.75. The van der Waals surface area contributed by atoms with Crippen LogP contribution in [0.1, 0.15) is 35.5 Å². The molecule has 0 fully saturated rings. The zero-order valence-electron chi connectivity index (χ0n) is 18.3. The van der Waals surface area contributed by atoms with Gasteiger partial charge in [0.25, 0.3) is 11.5 Å². The normalized spacial score (nSPS) is 20.9. The van der Waals surface area contributed by atoms with Gasteiger partial charge in [0.1, 0.15) is 11.6 Å². The van der Waals surface area contributed by atoms with E-state index in [0.717, 1.165) is 0 Å². The number of rotatable bonds is 6. The minimum absolute atomic E-state index is 0.0489. The number of benzene rings is 2. The Kier molecular flexibility index (Phi) is 4.92. The molecule has 168 valence electrons. The third-order valence-electron chi connectivity index (χ3n) is 5.73. The fourth-order valence-electron chi connectivity index (χ4n) is 4.32. The van der Waals surface area contributed by atoms with Crippen molar-refractivity contribution in [2.24, 2.45) is 11.1 Å². The smallest absolute Gasteiger partial charge is 0.277 e. The van der Waals surface area contributed by atoms with E-state index in [1.165, 1.54) is 13.4 Å². The molecule has 8 heteroatoms. The Bertz CT molecular complexity index is 1260. The Morgan fingerprint density at radius 3 is 2.67 bits per heavy atom. The summed E-state index contributed by atoms with van der Waals surface area (Å²) in [6.07, 6.45) is 1.36. The first-order chi connectivity index (χ1) is 16.0. The molecular weight excluding hydrogens is 424 g/mol. The summed E-state index contributed by atoms with van der Waals surface area (Å²) in [5.41, 5.74) is 0.357. The quantitative estimate of drug-likeness (QED) is 0.571. The molecule has 1 N–H and O–H groups in total. The number of hydrogen-bond acceptors (Lipinski definition) is 7. The van der Waals surface area contributed by atoms with Crippen molar-refractivity contribution in [1.82, 2.24) is 0 Å². The van der Waals surface area contributed by atoms with Gasteiger partial charge in [-0.1, -0.05) is 23.4 Å². The molecule has 8 nitrogen and oxygen atoms in total. The van der Waals surface area contributed by atoms with E-state index in [4.69, 9.17) is 18.7 Å². The molecule has 1 amide bonds. The highest BCUT2D eigenvalue weighted by Crippen LogP contribution is 2.50. The number of carbonyl (C=O) groups is 2. The number of ether oxygens (including phenoxy) is 2. The highest BCUT2D eigenvalue weighted by Gasteiger charge is 2.63. The Hall–Kier alpha value is -4.07. The summed E-state index contributed by atoms with van der Waals surface area (Å²) in [5, 5.41) is 7.09. The van der Waals surface area contributed by atoms with Crippen molar-refractivity contribution in [3.05, 3.63) is 77.7 Å². The van der Waals surface area contributed by atoms with Crippen LogP contribution in [-0.4, -0.2) is 30.6 Å². The van der Waals surface area contributed by atoms with E-state index in [2.05, 4.69) is 10.5 Å². The van der Waals surface area contributed by atoms with Crippen molar-refractivity contribution >= 4 is 23.1 Å². The van der Waals surface area contributed by atoms with Crippen LogP contribution < -0.4 is 14.8 Å². The fraction of sp³-hybridized carbons (Fsp3) is 0.240. The third-order valence-corrected chi connectivity index (χ3v) is 5.73. The molecule has 2 atom stereocenters. The number of oxime groups is 1. The molecule has 2 aromatic carbocycles. The van der Waals surface area contributed by atoms with Gasteiger partial charge in [0, 0.05) is 16.8 Å². The maximum Gasteiger partial charge on any atom is 0.277 e. The third kappa shape index (κ3) is 3.17.